The maximum Gasteiger partial charge on any atom is 0.270 e. The van der Waals surface area contributed by atoms with Crippen LogP contribution in [0.2, 0.25) is 0 Å². The highest BCUT2D eigenvalue weighted by Crippen LogP contribution is 2.27. The number of thiazole rings is 1. The fraction of sp³-hybridized carbons (Fsp3) is 0.105. The van der Waals surface area contributed by atoms with Gasteiger partial charge in [-0.2, -0.15) is 9.97 Å². The number of carbonyl (C=O) groups is 1. The van der Waals surface area contributed by atoms with Gasteiger partial charge in [0.25, 0.3) is 5.91 Å². The monoisotopic (exact) mass is 389 g/mol. The molecule has 138 valence electrons. The summed E-state index contributed by atoms with van der Waals surface area (Å²) in [5.41, 5.74) is 2.11. The van der Waals surface area contributed by atoms with Gasteiger partial charge in [0.2, 0.25) is 5.95 Å². The SMILES string of the molecule is Cc1nc(NC(=O)c2sc(-c3cccnc3)nc2C)nc(-c2ccccn2)n1. The van der Waals surface area contributed by atoms with Gasteiger partial charge < -0.3 is 0 Å². The molecule has 4 aromatic rings. The first-order valence-electron chi connectivity index (χ1n) is 8.43. The summed E-state index contributed by atoms with van der Waals surface area (Å²) in [4.78, 5) is 38.9. The van der Waals surface area contributed by atoms with Crippen molar-refractivity contribution in [2.45, 2.75) is 13.8 Å². The molecule has 4 aromatic heterocycles. The number of nitrogens with one attached hydrogen (secondary N) is 1. The molecule has 8 nitrogen and oxygen atoms in total. The van der Waals surface area contributed by atoms with Gasteiger partial charge in [-0.05, 0) is 38.1 Å². The van der Waals surface area contributed by atoms with E-state index < -0.39 is 0 Å². The number of hydrogen-bond acceptors (Lipinski definition) is 8. The van der Waals surface area contributed by atoms with Gasteiger partial charge in [0.1, 0.15) is 21.4 Å². The summed E-state index contributed by atoms with van der Waals surface area (Å²) in [5.74, 6) is 0.750. The molecule has 0 unspecified atom stereocenters. The van der Waals surface area contributed by atoms with Crippen molar-refractivity contribution in [3.63, 3.8) is 0 Å². The fourth-order valence-corrected chi connectivity index (χ4v) is 3.48. The molecule has 4 rings (SSSR count). The third kappa shape index (κ3) is 3.74. The third-order valence-corrected chi connectivity index (χ3v) is 4.98. The van der Waals surface area contributed by atoms with E-state index in [1.54, 1.807) is 38.5 Å². The van der Waals surface area contributed by atoms with Gasteiger partial charge >= 0.3 is 0 Å². The van der Waals surface area contributed by atoms with Gasteiger partial charge in [-0.25, -0.2) is 9.97 Å². The third-order valence-electron chi connectivity index (χ3n) is 3.78. The fourth-order valence-electron chi connectivity index (χ4n) is 2.53. The summed E-state index contributed by atoms with van der Waals surface area (Å²) in [7, 11) is 0. The number of rotatable bonds is 4. The molecule has 0 bridgehead atoms. The topological polar surface area (TPSA) is 106 Å². The Balaban J connectivity index is 1.61. The molecule has 0 atom stereocenters. The highest BCUT2D eigenvalue weighted by molar-refractivity contribution is 7.17. The Morgan fingerprint density at radius 1 is 1.00 bits per heavy atom. The minimum absolute atomic E-state index is 0.175. The second kappa shape index (κ2) is 7.57. The van der Waals surface area contributed by atoms with Crippen molar-refractivity contribution in [2.75, 3.05) is 5.32 Å². The van der Waals surface area contributed by atoms with E-state index in [1.807, 2.05) is 24.3 Å². The van der Waals surface area contributed by atoms with E-state index in [0.29, 0.717) is 27.9 Å². The molecule has 0 aromatic carbocycles. The molecule has 0 aliphatic carbocycles. The maximum atomic E-state index is 12.8. The number of aromatic nitrogens is 6. The predicted octanol–water partition coefficient (Wildman–Crippen LogP) is 3.32. The first-order valence-corrected chi connectivity index (χ1v) is 9.25. The van der Waals surface area contributed by atoms with Crippen LogP contribution >= 0.6 is 11.3 Å². The molecule has 0 aliphatic heterocycles. The first-order chi connectivity index (χ1) is 13.6. The van der Waals surface area contributed by atoms with Gasteiger partial charge in [-0.3, -0.25) is 20.1 Å². The van der Waals surface area contributed by atoms with Crippen LogP contribution in [0.3, 0.4) is 0 Å². The van der Waals surface area contributed by atoms with Gasteiger partial charge in [0.15, 0.2) is 5.82 Å². The number of anilines is 1. The Kier molecular flexibility index (Phi) is 4.81. The smallest absolute Gasteiger partial charge is 0.270 e. The molecule has 0 spiro atoms. The van der Waals surface area contributed by atoms with Crippen LogP contribution in [-0.4, -0.2) is 35.8 Å². The van der Waals surface area contributed by atoms with Crippen LogP contribution in [-0.2, 0) is 0 Å². The highest BCUT2D eigenvalue weighted by atomic mass is 32.1. The quantitative estimate of drug-likeness (QED) is 0.570. The molecule has 1 N–H and O–H groups in total. The van der Waals surface area contributed by atoms with Crippen LogP contribution in [0.4, 0.5) is 5.95 Å². The summed E-state index contributed by atoms with van der Waals surface area (Å²) >= 11 is 1.30. The largest absolute Gasteiger partial charge is 0.290 e. The summed E-state index contributed by atoms with van der Waals surface area (Å²) in [6.45, 7) is 3.53. The van der Waals surface area contributed by atoms with Crippen LogP contribution < -0.4 is 5.32 Å². The molecule has 9 heteroatoms. The number of aryl methyl sites for hydroxylation is 2. The normalized spacial score (nSPS) is 10.6. The molecule has 0 aliphatic rings. The van der Waals surface area contributed by atoms with Crippen molar-refractivity contribution < 1.29 is 4.79 Å². The predicted molar refractivity (Wildman–Crippen MR) is 106 cm³/mol. The zero-order valence-electron chi connectivity index (χ0n) is 15.1. The van der Waals surface area contributed by atoms with Crippen LogP contribution in [0.15, 0.2) is 48.9 Å². The van der Waals surface area contributed by atoms with Crippen molar-refractivity contribution in [3.8, 4) is 22.1 Å². The van der Waals surface area contributed by atoms with Crippen molar-refractivity contribution in [3.05, 3.63) is 65.3 Å². The zero-order valence-corrected chi connectivity index (χ0v) is 15.9. The first kappa shape index (κ1) is 17.8. The minimum Gasteiger partial charge on any atom is -0.290 e. The Morgan fingerprint density at radius 3 is 2.64 bits per heavy atom. The zero-order chi connectivity index (χ0) is 19.5. The lowest BCUT2D eigenvalue weighted by molar-refractivity contribution is 0.102. The van der Waals surface area contributed by atoms with Crippen LogP contribution in [0.5, 0.6) is 0 Å². The van der Waals surface area contributed by atoms with E-state index in [4.69, 9.17) is 0 Å². The van der Waals surface area contributed by atoms with E-state index in [0.717, 1.165) is 10.6 Å². The molecule has 0 fully saturated rings. The number of amides is 1. The van der Waals surface area contributed by atoms with Crippen molar-refractivity contribution in [1.82, 2.24) is 29.9 Å². The lowest BCUT2D eigenvalue weighted by atomic mass is 10.3. The number of pyridine rings is 2. The molecule has 0 saturated carbocycles. The Bertz CT molecular complexity index is 1130. The van der Waals surface area contributed by atoms with Gasteiger partial charge in [0, 0.05) is 24.2 Å². The minimum atomic E-state index is -0.317. The maximum absolute atomic E-state index is 12.8. The van der Waals surface area contributed by atoms with Gasteiger partial charge in [-0.1, -0.05) is 6.07 Å². The number of hydrogen-bond donors (Lipinski definition) is 1. The van der Waals surface area contributed by atoms with Gasteiger partial charge in [0.05, 0.1) is 5.69 Å². The standard InChI is InChI=1S/C19H15N7OS/c1-11-15(28-18(22-11)13-6-5-8-20-10-13)17(27)26-19-24-12(2)23-16(25-19)14-7-3-4-9-21-14/h3-10H,1-2H3,(H,23,24,25,26,27). The van der Waals surface area contributed by atoms with Crippen LogP contribution in [0, 0.1) is 13.8 Å². The number of nitrogens with zero attached hydrogens (tertiary/aromatic N) is 6. The van der Waals surface area contributed by atoms with E-state index in [2.05, 4.69) is 35.2 Å². The molecule has 1 amide bonds. The van der Waals surface area contributed by atoms with Crippen molar-refractivity contribution in [1.29, 1.82) is 0 Å². The average molecular weight is 389 g/mol. The van der Waals surface area contributed by atoms with E-state index >= 15 is 0 Å². The summed E-state index contributed by atoms with van der Waals surface area (Å²) < 4.78 is 0. The second-order valence-corrected chi connectivity index (χ2v) is 6.87. The molecule has 28 heavy (non-hydrogen) atoms. The van der Waals surface area contributed by atoms with E-state index in [9.17, 15) is 4.79 Å². The number of carbonyl (C=O) groups excluding carboxylic acids is 1. The molecular weight excluding hydrogens is 374 g/mol. The summed E-state index contributed by atoms with van der Waals surface area (Å²) in [6, 6.07) is 9.20. The molecule has 0 radical (unpaired) electrons. The highest BCUT2D eigenvalue weighted by Gasteiger charge is 2.18. The Hall–Kier alpha value is -3.59. The van der Waals surface area contributed by atoms with Crippen LogP contribution in [0.25, 0.3) is 22.1 Å². The average Bonchev–Trinajstić information content (AvgIpc) is 3.11. The molecule has 0 saturated heterocycles. The lowest BCUT2D eigenvalue weighted by Crippen LogP contribution is -2.15. The van der Waals surface area contributed by atoms with Crippen LogP contribution in [0.1, 0.15) is 21.2 Å². The van der Waals surface area contributed by atoms with Crippen molar-refractivity contribution >= 4 is 23.2 Å². The second-order valence-electron chi connectivity index (χ2n) is 5.87. The molecule has 4 heterocycles. The van der Waals surface area contributed by atoms with E-state index in [1.165, 1.54) is 11.3 Å². The summed E-state index contributed by atoms with van der Waals surface area (Å²) in [6.07, 6.45) is 5.07. The lowest BCUT2D eigenvalue weighted by Gasteiger charge is -2.05. The van der Waals surface area contributed by atoms with E-state index in [-0.39, 0.29) is 11.9 Å². The molecular formula is C19H15N7OS. The summed E-state index contributed by atoms with van der Waals surface area (Å²) in [5, 5.41) is 3.47. The Labute approximate surface area is 164 Å². The van der Waals surface area contributed by atoms with Crippen molar-refractivity contribution in [2.24, 2.45) is 0 Å². The van der Waals surface area contributed by atoms with Gasteiger partial charge in [-0.15, -0.1) is 11.3 Å². The Morgan fingerprint density at radius 2 is 1.89 bits per heavy atom.